The third-order valence-electron chi connectivity index (χ3n) is 3.12. The van der Waals surface area contributed by atoms with Crippen LogP contribution in [0.15, 0.2) is 29.3 Å². The van der Waals surface area contributed by atoms with E-state index in [2.05, 4.69) is 9.97 Å². The minimum Gasteiger partial charge on any atom is -0.399 e. The summed E-state index contributed by atoms with van der Waals surface area (Å²) in [5, 5.41) is 0. The average molecular weight is 243 g/mol. The molecule has 6 nitrogen and oxygen atoms in total. The molecule has 1 aliphatic rings. The zero-order valence-electron chi connectivity index (χ0n) is 9.68. The number of nitrogen functional groups attached to an aromatic ring is 2. The molecule has 0 spiro atoms. The third kappa shape index (κ3) is 1.58. The molecule has 6 heteroatoms. The Kier molecular flexibility index (Phi) is 2.22. The van der Waals surface area contributed by atoms with E-state index in [9.17, 15) is 4.79 Å². The van der Waals surface area contributed by atoms with E-state index >= 15 is 0 Å². The van der Waals surface area contributed by atoms with Crippen molar-refractivity contribution in [3.63, 3.8) is 0 Å². The van der Waals surface area contributed by atoms with Crippen LogP contribution in [0.4, 0.5) is 17.2 Å². The number of benzene rings is 1. The lowest BCUT2D eigenvalue weighted by atomic mass is 10.1. The van der Waals surface area contributed by atoms with E-state index in [-0.39, 0.29) is 11.2 Å². The molecule has 0 aliphatic carbocycles. The van der Waals surface area contributed by atoms with Gasteiger partial charge < -0.3 is 21.4 Å². The van der Waals surface area contributed by atoms with Gasteiger partial charge in [0.05, 0.1) is 6.33 Å². The molecule has 0 amide bonds. The lowest BCUT2D eigenvalue weighted by Gasteiger charge is -2.17. The van der Waals surface area contributed by atoms with Crippen LogP contribution in [0.5, 0.6) is 0 Å². The number of nitrogens with two attached hydrogens (primary N) is 2. The van der Waals surface area contributed by atoms with E-state index < -0.39 is 0 Å². The maximum atomic E-state index is 11.5. The van der Waals surface area contributed by atoms with Crippen molar-refractivity contribution >= 4 is 17.2 Å². The molecule has 5 N–H and O–H groups in total. The molecule has 1 aromatic heterocycles. The summed E-state index contributed by atoms with van der Waals surface area (Å²) < 4.78 is 0. The average Bonchev–Trinajstić information content (AvgIpc) is 2.75. The molecular weight excluding hydrogens is 230 g/mol. The van der Waals surface area contributed by atoms with Crippen molar-refractivity contribution in [2.24, 2.45) is 0 Å². The van der Waals surface area contributed by atoms with Gasteiger partial charge in [-0.3, -0.25) is 4.79 Å². The van der Waals surface area contributed by atoms with Gasteiger partial charge in [0.2, 0.25) is 0 Å². The Morgan fingerprint density at radius 2 is 2.00 bits per heavy atom. The van der Waals surface area contributed by atoms with Crippen LogP contribution in [-0.2, 0) is 13.1 Å². The summed E-state index contributed by atoms with van der Waals surface area (Å²) >= 11 is 0. The van der Waals surface area contributed by atoms with Gasteiger partial charge in [-0.05, 0) is 23.3 Å². The van der Waals surface area contributed by atoms with Crippen LogP contribution < -0.4 is 21.9 Å². The quantitative estimate of drug-likeness (QED) is 0.631. The first-order chi connectivity index (χ1) is 8.65. The second-order valence-electron chi connectivity index (χ2n) is 4.35. The van der Waals surface area contributed by atoms with Crippen molar-refractivity contribution in [3.05, 3.63) is 46.0 Å². The smallest absolute Gasteiger partial charge is 0.276 e. The van der Waals surface area contributed by atoms with Crippen LogP contribution in [0.1, 0.15) is 11.1 Å². The van der Waals surface area contributed by atoms with E-state index in [0.29, 0.717) is 18.9 Å². The summed E-state index contributed by atoms with van der Waals surface area (Å²) in [5.41, 5.74) is 14.4. The Morgan fingerprint density at radius 1 is 1.22 bits per heavy atom. The van der Waals surface area contributed by atoms with Gasteiger partial charge in [-0.1, -0.05) is 6.07 Å². The largest absolute Gasteiger partial charge is 0.399 e. The fourth-order valence-corrected chi connectivity index (χ4v) is 2.22. The molecule has 1 aliphatic heterocycles. The standard InChI is InChI=1S/C12H13N5O/c13-9-2-1-7-4-17(5-8(7)3-9)11-10(14)12(18)16-6-15-11/h1-3,6H,4-5,13-14H2,(H,15,16,18). The molecular formula is C12H13N5O. The molecule has 2 heterocycles. The number of aromatic amines is 1. The number of aromatic nitrogens is 2. The van der Waals surface area contributed by atoms with E-state index in [1.165, 1.54) is 11.9 Å². The number of anilines is 3. The molecule has 0 atom stereocenters. The van der Waals surface area contributed by atoms with Gasteiger partial charge in [-0.25, -0.2) is 4.98 Å². The van der Waals surface area contributed by atoms with E-state index in [0.717, 1.165) is 11.3 Å². The van der Waals surface area contributed by atoms with Crippen LogP contribution >= 0.6 is 0 Å². The normalized spacial score (nSPS) is 13.7. The summed E-state index contributed by atoms with van der Waals surface area (Å²) in [4.78, 5) is 20.0. The minimum atomic E-state index is -0.310. The zero-order valence-corrected chi connectivity index (χ0v) is 9.68. The van der Waals surface area contributed by atoms with E-state index in [4.69, 9.17) is 11.5 Å². The van der Waals surface area contributed by atoms with Crippen LogP contribution in [0.25, 0.3) is 0 Å². The molecule has 0 saturated carbocycles. The van der Waals surface area contributed by atoms with Crippen molar-refractivity contribution in [3.8, 4) is 0 Å². The number of hydrogen-bond donors (Lipinski definition) is 3. The SMILES string of the molecule is Nc1ccc2c(c1)CN(c1nc[nH]c(=O)c1N)C2. The molecule has 0 unspecified atom stereocenters. The van der Waals surface area contributed by atoms with Gasteiger partial charge in [0.25, 0.3) is 5.56 Å². The second-order valence-corrected chi connectivity index (χ2v) is 4.35. The topological polar surface area (TPSA) is 101 Å². The molecule has 1 aromatic carbocycles. The Labute approximate surface area is 103 Å². The first-order valence-electron chi connectivity index (χ1n) is 5.60. The van der Waals surface area contributed by atoms with Crippen molar-refractivity contribution in [2.75, 3.05) is 16.4 Å². The van der Waals surface area contributed by atoms with Gasteiger partial charge in [-0.15, -0.1) is 0 Å². The van der Waals surface area contributed by atoms with Gasteiger partial charge in [-0.2, -0.15) is 0 Å². The monoisotopic (exact) mass is 243 g/mol. The predicted octanol–water partition coefficient (Wildman–Crippen LogP) is 0.455. The fraction of sp³-hybridized carbons (Fsp3) is 0.167. The summed E-state index contributed by atoms with van der Waals surface area (Å²) in [6, 6.07) is 5.81. The van der Waals surface area contributed by atoms with E-state index in [1.54, 1.807) is 0 Å². The van der Waals surface area contributed by atoms with Gasteiger partial charge >= 0.3 is 0 Å². The molecule has 0 bridgehead atoms. The van der Waals surface area contributed by atoms with Crippen molar-refractivity contribution in [1.29, 1.82) is 0 Å². The number of hydrogen-bond acceptors (Lipinski definition) is 5. The van der Waals surface area contributed by atoms with Gasteiger partial charge in [0.1, 0.15) is 5.69 Å². The predicted molar refractivity (Wildman–Crippen MR) is 70.0 cm³/mol. The minimum absolute atomic E-state index is 0.151. The highest BCUT2D eigenvalue weighted by Gasteiger charge is 2.22. The zero-order chi connectivity index (χ0) is 12.7. The lowest BCUT2D eigenvalue weighted by molar-refractivity contribution is 0.851. The number of fused-ring (bicyclic) bond motifs is 1. The first kappa shape index (κ1) is 10.6. The Balaban J connectivity index is 1.99. The maximum Gasteiger partial charge on any atom is 0.276 e. The highest BCUT2D eigenvalue weighted by Crippen LogP contribution is 2.29. The molecule has 0 saturated heterocycles. The Hall–Kier alpha value is -2.50. The third-order valence-corrected chi connectivity index (χ3v) is 3.12. The van der Waals surface area contributed by atoms with Crippen molar-refractivity contribution in [2.45, 2.75) is 13.1 Å². The summed E-state index contributed by atoms with van der Waals surface area (Å²) in [7, 11) is 0. The summed E-state index contributed by atoms with van der Waals surface area (Å²) in [5.74, 6) is 0.522. The molecule has 0 radical (unpaired) electrons. The van der Waals surface area contributed by atoms with Crippen LogP contribution in [0, 0.1) is 0 Å². The Morgan fingerprint density at radius 3 is 2.83 bits per heavy atom. The van der Waals surface area contributed by atoms with Gasteiger partial charge in [0.15, 0.2) is 5.82 Å². The molecule has 18 heavy (non-hydrogen) atoms. The van der Waals surface area contributed by atoms with Crippen molar-refractivity contribution in [1.82, 2.24) is 9.97 Å². The van der Waals surface area contributed by atoms with Crippen molar-refractivity contribution < 1.29 is 0 Å². The van der Waals surface area contributed by atoms with Crippen LogP contribution in [0.2, 0.25) is 0 Å². The number of rotatable bonds is 1. The lowest BCUT2D eigenvalue weighted by Crippen LogP contribution is -2.23. The number of nitrogens with one attached hydrogen (secondary N) is 1. The highest BCUT2D eigenvalue weighted by atomic mass is 16.1. The molecule has 92 valence electrons. The number of nitrogens with zero attached hydrogens (tertiary/aromatic N) is 2. The highest BCUT2D eigenvalue weighted by molar-refractivity contribution is 5.63. The maximum absolute atomic E-state index is 11.5. The van der Waals surface area contributed by atoms with Crippen LogP contribution in [-0.4, -0.2) is 9.97 Å². The fourth-order valence-electron chi connectivity index (χ4n) is 2.22. The van der Waals surface area contributed by atoms with Gasteiger partial charge in [0, 0.05) is 18.8 Å². The second kappa shape index (κ2) is 3.76. The summed E-state index contributed by atoms with van der Waals surface area (Å²) in [6.45, 7) is 1.36. The Bertz CT molecular complexity index is 664. The molecule has 2 aromatic rings. The summed E-state index contributed by atoms with van der Waals surface area (Å²) in [6.07, 6.45) is 1.37. The number of H-pyrrole nitrogens is 1. The van der Waals surface area contributed by atoms with E-state index in [1.807, 2.05) is 23.1 Å². The molecule has 3 rings (SSSR count). The molecule has 0 fully saturated rings. The first-order valence-corrected chi connectivity index (χ1v) is 5.60. The van der Waals surface area contributed by atoms with Crippen LogP contribution in [0.3, 0.4) is 0 Å².